The van der Waals surface area contributed by atoms with Crippen molar-refractivity contribution >= 4 is 6.01 Å². The number of nitrogens with one attached hydrogen (secondary N) is 1. The molecule has 0 atom stereocenters. The minimum absolute atomic E-state index is 0.537. The highest BCUT2D eigenvalue weighted by Gasteiger charge is 2.09. The van der Waals surface area contributed by atoms with Gasteiger partial charge in [0.25, 0.3) is 0 Å². The van der Waals surface area contributed by atoms with Crippen molar-refractivity contribution in [2.45, 2.75) is 13.0 Å². The van der Waals surface area contributed by atoms with Crippen LogP contribution in [0.3, 0.4) is 0 Å². The van der Waals surface area contributed by atoms with Gasteiger partial charge >= 0.3 is 6.01 Å². The zero-order valence-corrected chi connectivity index (χ0v) is 11.9. The highest BCUT2D eigenvalue weighted by molar-refractivity contribution is 5.22. The maximum Gasteiger partial charge on any atom is 0.317 e. The first kappa shape index (κ1) is 14.3. The number of benzene rings is 1. The van der Waals surface area contributed by atoms with Crippen LogP contribution in [-0.4, -0.2) is 37.4 Å². The van der Waals surface area contributed by atoms with E-state index in [0.29, 0.717) is 25.1 Å². The third kappa shape index (κ3) is 4.24. The highest BCUT2D eigenvalue weighted by Crippen LogP contribution is 2.11. The van der Waals surface area contributed by atoms with Crippen LogP contribution in [0.5, 0.6) is 5.75 Å². The van der Waals surface area contributed by atoms with Gasteiger partial charge in [-0.2, -0.15) is 0 Å². The Bertz CT molecular complexity index is 501. The molecule has 0 spiro atoms. The summed E-state index contributed by atoms with van der Waals surface area (Å²) < 4.78 is 11.1. The van der Waals surface area contributed by atoms with Crippen LogP contribution in [0.25, 0.3) is 0 Å². The number of hydrogen-bond acceptors (Lipinski definition) is 6. The van der Waals surface area contributed by atoms with Crippen LogP contribution in [0.4, 0.5) is 6.01 Å². The molecule has 0 aliphatic heterocycles. The van der Waals surface area contributed by atoms with Crippen LogP contribution in [0.15, 0.2) is 34.7 Å². The molecule has 6 heteroatoms. The van der Waals surface area contributed by atoms with Crippen LogP contribution in [0.1, 0.15) is 12.3 Å². The number of aromatic nitrogens is 2. The molecule has 0 unspecified atom stereocenters. The quantitative estimate of drug-likeness (QED) is 0.740. The lowest BCUT2D eigenvalue weighted by Gasteiger charge is -2.13. The molecule has 0 bridgehead atoms. The SMILES string of the molecule is CNCc1nnc(N(C)CCCOc2ccccc2)o1. The van der Waals surface area contributed by atoms with E-state index >= 15 is 0 Å². The standard InChI is InChI=1S/C14H20N4O2/c1-15-11-13-16-17-14(20-13)18(2)9-6-10-19-12-7-4-3-5-8-12/h3-5,7-8,15H,6,9-11H2,1-2H3. The van der Waals surface area contributed by atoms with Crippen LogP contribution >= 0.6 is 0 Å². The molecule has 0 fully saturated rings. The van der Waals surface area contributed by atoms with Gasteiger partial charge in [-0.1, -0.05) is 23.3 Å². The summed E-state index contributed by atoms with van der Waals surface area (Å²) in [6, 6.07) is 10.3. The maximum absolute atomic E-state index is 5.63. The summed E-state index contributed by atoms with van der Waals surface area (Å²) in [6.07, 6.45) is 0.884. The van der Waals surface area contributed by atoms with Gasteiger partial charge in [-0.05, 0) is 25.6 Å². The first-order valence-corrected chi connectivity index (χ1v) is 6.65. The largest absolute Gasteiger partial charge is 0.494 e. The number of ether oxygens (including phenoxy) is 1. The van der Waals surface area contributed by atoms with Crippen molar-refractivity contribution in [3.05, 3.63) is 36.2 Å². The fourth-order valence-electron chi connectivity index (χ4n) is 1.73. The summed E-state index contributed by atoms with van der Waals surface area (Å²) in [6.45, 7) is 2.04. The summed E-state index contributed by atoms with van der Waals surface area (Å²) in [5.74, 6) is 1.49. The number of nitrogens with zero attached hydrogens (tertiary/aromatic N) is 3. The normalized spacial score (nSPS) is 10.5. The predicted molar refractivity (Wildman–Crippen MR) is 76.9 cm³/mol. The lowest BCUT2D eigenvalue weighted by Crippen LogP contribution is -2.20. The molecule has 0 aliphatic rings. The molecule has 2 rings (SSSR count). The summed E-state index contributed by atoms with van der Waals surface area (Å²) in [7, 11) is 3.77. The lowest BCUT2D eigenvalue weighted by atomic mass is 10.3. The molecule has 0 amide bonds. The van der Waals surface area contributed by atoms with Crippen molar-refractivity contribution in [2.75, 3.05) is 32.1 Å². The van der Waals surface area contributed by atoms with E-state index in [9.17, 15) is 0 Å². The molecule has 108 valence electrons. The van der Waals surface area contributed by atoms with Crippen LogP contribution in [-0.2, 0) is 6.54 Å². The van der Waals surface area contributed by atoms with E-state index in [1.807, 2.05) is 49.3 Å². The van der Waals surface area contributed by atoms with Gasteiger partial charge < -0.3 is 19.4 Å². The third-order valence-corrected chi connectivity index (χ3v) is 2.76. The molecule has 1 heterocycles. The molecule has 20 heavy (non-hydrogen) atoms. The van der Waals surface area contributed by atoms with E-state index in [1.54, 1.807) is 0 Å². The van der Waals surface area contributed by atoms with E-state index in [0.717, 1.165) is 18.7 Å². The second-order valence-corrected chi connectivity index (χ2v) is 4.45. The fourth-order valence-corrected chi connectivity index (χ4v) is 1.73. The van der Waals surface area contributed by atoms with Crippen LogP contribution in [0, 0.1) is 0 Å². The zero-order valence-electron chi connectivity index (χ0n) is 11.9. The number of para-hydroxylation sites is 1. The Labute approximate surface area is 118 Å². The van der Waals surface area contributed by atoms with Crippen molar-refractivity contribution in [3.8, 4) is 5.75 Å². The van der Waals surface area contributed by atoms with Gasteiger partial charge in [-0.3, -0.25) is 0 Å². The molecule has 1 N–H and O–H groups in total. The highest BCUT2D eigenvalue weighted by atomic mass is 16.5. The summed E-state index contributed by atoms with van der Waals surface area (Å²) in [5.41, 5.74) is 0. The van der Waals surface area contributed by atoms with E-state index in [-0.39, 0.29) is 0 Å². The Balaban J connectivity index is 1.70. The maximum atomic E-state index is 5.63. The molecule has 0 saturated heterocycles. The van der Waals surface area contributed by atoms with E-state index in [2.05, 4.69) is 15.5 Å². The smallest absolute Gasteiger partial charge is 0.317 e. The van der Waals surface area contributed by atoms with Crippen molar-refractivity contribution in [2.24, 2.45) is 0 Å². The Kier molecular flexibility index (Phi) is 5.37. The number of hydrogen-bond donors (Lipinski definition) is 1. The molecule has 2 aromatic rings. The minimum atomic E-state index is 0.537. The molecular formula is C14H20N4O2. The van der Waals surface area contributed by atoms with Gasteiger partial charge in [0, 0.05) is 13.6 Å². The summed E-state index contributed by atoms with van der Waals surface area (Å²) >= 11 is 0. The second kappa shape index (κ2) is 7.49. The molecule has 0 saturated carbocycles. The number of anilines is 1. The van der Waals surface area contributed by atoms with Gasteiger partial charge in [-0.25, -0.2) is 0 Å². The van der Waals surface area contributed by atoms with Crippen LogP contribution in [0.2, 0.25) is 0 Å². The average Bonchev–Trinajstić information content (AvgIpc) is 2.94. The van der Waals surface area contributed by atoms with Crippen molar-refractivity contribution in [1.82, 2.24) is 15.5 Å². The van der Waals surface area contributed by atoms with Crippen molar-refractivity contribution in [3.63, 3.8) is 0 Å². The first-order chi connectivity index (χ1) is 9.79. The molecule has 6 nitrogen and oxygen atoms in total. The summed E-state index contributed by atoms with van der Waals surface area (Å²) in [5, 5.41) is 10.9. The van der Waals surface area contributed by atoms with Gasteiger partial charge in [0.1, 0.15) is 5.75 Å². The van der Waals surface area contributed by atoms with E-state index < -0.39 is 0 Å². The third-order valence-electron chi connectivity index (χ3n) is 2.76. The van der Waals surface area contributed by atoms with Crippen LogP contribution < -0.4 is 15.0 Å². The summed E-state index contributed by atoms with van der Waals surface area (Å²) in [4.78, 5) is 1.93. The van der Waals surface area contributed by atoms with E-state index in [1.165, 1.54) is 0 Å². The first-order valence-electron chi connectivity index (χ1n) is 6.65. The van der Waals surface area contributed by atoms with Gasteiger partial charge in [0.2, 0.25) is 5.89 Å². The number of rotatable bonds is 8. The van der Waals surface area contributed by atoms with Crippen molar-refractivity contribution in [1.29, 1.82) is 0 Å². The Morgan fingerprint density at radius 3 is 2.80 bits per heavy atom. The van der Waals surface area contributed by atoms with Crippen molar-refractivity contribution < 1.29 is 9.15 Å². The molecular weight excluding hydrogens is 256 g/mol. The molecule has 0 radical (unpaired) electrons. The van der Waals surface area contributed by atoms with Gasteiger partial charge in [0.15, 0.2) is 0 Å². The molecule has 0 aliphatic carbocycles. The fraction of sp³-hybridized carbons (Fsp3) is 0.429. The van der Waals surface area contributed by atoms with Gasteiger partial charge in [0.05, 0.1) is 13.2 Å². The van der Waals surface area contributed by atoms with E-state index in [4.69, 9.17) is 9.15 Å². The second-order valence-electron chi connectivity index (χ2n) is 4.45. The minimum Gasteiger partial charge on any atom is -0.494 e. The molecule has 1 aromatic heterocycles. The van der Waals surface area contributed by atoms with Gasteiger partial charge in [-0.15, -0.1) is 5.10 Å². The Hall–Kier alpha value is -2.08. The Morgan fingerprint density at radius 2 is 2.05 bits per heavy atom. The Morgan fingerprint density at radius 1 is 1.25 bits per heavy atom. The topological polar surface area (TPSA) is 63.4 Å². The molecule has 1 aromatic carbocycles. The zero-order chi connectivity index (χ0) is 14.2. The lowest BCUT2D eigenvalue weighted by molar-refractivity contribution is 0.311. The monoisotopic (exact) mass is 276 g/mol. The average molecular weight is 276 g/mol. The predicted octanol–water partition coefficient (Wildman–Crippen LogP) is 1.69.